The maximum atomic E-state index is 6.62. The predicted molar refractivity (Wildman–Crippen MR) is 221 cm³/mol. The van der Waals surface area contributed by atoms with E-state index in [1.807, 2.05) is 78.9 Å². The minimum absolute atomic E-state index is 0.0101. The summed E-state index contributed by atoms with van der Waals surface area (Å²) in [5.74, 6) is 3.72. The number of allylic oxidation sites excluding steroid dienone is 10. The van der Waals surface area contributed by atoms with E-state index in [2.05, 4.69) is 78.9 Å². The highest BCUT2D eigenvalue weighted by Gasteiger charge is 2.38. The predicted octanol–water partition coefficient (Wildman–Crippen LogP) is 11.3. The fraction of sp³-hybridized carbons (Fsp3) is 0.122. The number of hydrogen-bond donors (Lipinski definition) is 0. The van der Waals surface area contributed by atoms with Crippen LogP contribution in [0.5, 0.6) is 5.75 Å². The molecule has 0 spiro atoms. The van der Waals surface area contributed by atoms with Gasteiger partial charge in [-0.15, -0.1) is 0 Å². The molecular formula is C49H35N5O2. The van der Waals surface area contributed by atoms with Crippen molar-refractivity contribution in [3.05, 3.63) is 186 Å². The lowest BCUT2D eigenvalue weighted by Gasteiger charge is -2.26. The van der Waals surface area contributed by atoms with E-state index in [0.717, 1.165) is 86.4 Å². The first-order valence-corrected chi connectivity index (χ1v) is 19.2. The Morgan fingerprint density at radius 3 is 2.18 bits per heavy atom. The second kappa shape index (κ2) is 13.4. The molecule has 0 fully saturated rings. The molecule has 0 N–H and O–H groups in total. The highest BCUT2D eigenvalue weighted by molar-refractivity contribution is 6.06. The lowest BCUT2D eigenvalue weighted by molar-refractivity contribution is 0.265. The van der Waals surface area contributed by atoms with E-state index in [9.17, 15) is 0 Å². The number of rotatable bonds is 6. The summed E-state index contributed by atoms with van der Waals surface area (Å²) in [4.78, 5) is 25.3. The molecule has 3 atom stereocenters. The van der Waals surface area contributed by atoms with Gasteiger partial charge in [0.15, 0.2) is 23.1 Å². The van der Waals surface area contributed by atoms with Crippen molar-refractivity contribution < 1.29 is 9.15 Å². The van der Waals surface area contributed by atoms with Gasteiger partial charge in [-0.05, 0) is 72.9 Å². The van der Waals surface area contributed by atoms with Gasteiger partial charge in [0.1, 0.15) is 34.5 Å². The van der Waals surface area contributed by atoms with Crippen LogP contribution in [-0.2, 0) is 0 Å². The molecule has 0 bridgehead atoms. The monoisotopic (exact) mass is 725 g/mol. The molecule has 3 unspecified atom stereocenters. The molecule has 0 radical (unpaired) electrons. The van der Waals surface area contributed by atoms with Gasteiger partial charge >= 0.3 is 0 Å². The number of aromatic nitrogens is 5. The Kier molecular flexibility index (Phi) is 7.76. The molecule has 4 heterocycles. The van der Waals surface area contributed by atoms with E-state index >= 15 is 0 Å². The molecule has 7 aromatic rings. The molecule has 3 aromatic heterocycles. The minimum atomic E-state index is -0.118. The van der Waals surface area contributed by atoms with Crippen LogP contribution < -0.4 is 4.74 Å². The lowest BCUT2D eigenvalue weighted by atomic mass is 9.78. The number of ether oxygens (including phenoxy) is 1. The van der Waals surface area contributed by atoms with Crippen molar-refractivity contribution >= 4 is 27.6 Å². The van der Waals surface area contributed by atoms with Crippen LogP contribution in [0.15, 0.2) is 173 Å². The molecule has 1 aliphatic heterocycles. The summed E-state index contributed by atoms with van der Waals surface area (Å²) in [6.45, 7) is 0. The minimum Gasteiger partial charge on any atom is -0.485 e. The van der Waals surface area contributed by atoms with Crippen LogP contribution in [0.1, 0.15) is 48.2 Å². The molecule has 7 nitrogen and oxygen atoms in total. The zero-order valence-electron chi connectivity index (χ0n) is 30.4. The lowest BCUT2D eigenvalue weighted by Crippen LogP contribution is -2.21. The Morgan fingerprint density at radius 1 is 0.661 bits per heavy atom. The Hall–Kier alpha value is -6.99. The fourth-order valence-corrected chi connectivity index (χ4v) is 8.38. The van der Waals surface area contributed by atoms with Crippen LogP contribution in [0, 0.1) is 0 Å². The van der Waals surface area contributed by atoms with Crippen molar-refractivity contribution in [1.29, 1.82) is 0 Å². The van der Waals surface area contributed by atoms with Gasteiger partial charge in [-0.3, -0.25) is 0 Å². The van der Waals surface area contributed by atoms with Gasteiger partial charge in [-0.2, -0.15) is 0 Å². The zero-order valence-corrected chi connectivity index (χ0v) is 30.4. The number of fused-ring (bicyclic) bond motifs is 6. The molecule has 0 saturated carbocycles. The first-order valence-electron chi connectivity index (χ1n) is 19.2. The number of furan rings is 1. The highest BCUT2D eigenvalue weighted by Crippen LogP contribution is 2.49. The third-order valence-electron chi connectivity index (χ3n) is 11.1. The average Bonchev–Trinajstić information content (AvgIpc) is 3.85. The third-order valence-corrected chi connectivity index (χ3v) is 11.1. The van der Waals surface area contributed by atoms with Crippen LogP contribution in [0.2, 0.25) is 0 Å². The van der Waals surface area contributed by atoms with Crippen LogP contribution in [0.3, 0.4) is 0 Å². The van der Waals surface area contributed by atoms with E-state index in [-0.39, 0.29) is 17.9 Å². The van der Waals surface area contributed by atoms with Crippen LogP contribution in [0.25, 0.3) is 61.8 Å². The normalized spacial score (nSPS) is 19.6. The zero-order chi connectivity index (χ0) is 37.0. The van der Waals surface area contributed by atoms with Gasteiger partial charge in [-0.25, -0.2) is 24.9 Å². The second-order valence-electron chi connectivity index (χ2n) is 14.6. The molecule has 0 saturated heterocycles. The van der Waals surface area contributed by atoms with Crippen LogP contribution >= 0.6 is 0 Å². The Labute approximate surface area is 323 Å². The van der Waals surface area contributed by atoms with Gasteiger partial charge < -0.3 is 9.15 Å². The number of benzene rings is 4. The van der Waals surface area contributed by atoms with Crippen molar-refractivity contribution in [2.75, 3.05) is 0 Å². The van der Waals surface area contributed by atoms with Gasteiger partial charge in [0.05, 0.1) is 5.92 Å². The Balaban J connectivity index is 0.992. The fourth-order valence-electron chi connectivity index (χ4n) is 8.38. The van der Waals surface area contributed by atoms with Crippen LogP contribution in [-0.4, -0.2) is 31.0 Å². The van der Waals surface area contributed by atoms with Crippen molar-refractivity contribution in [2.24, 2.45) is 0 Å². The van der Waals surface area contributed by atoms with E-state index < -0.39 is 0 Å². The van der Waals surface area contributed by atoms with E-state index in [4.69, 9.17) is 34.1 Å². The summed E-state index contributed by atoms with van der Waals surface area (Å²) in [6, 6.07) is 34.7. The highest BCUT2D eigenvalue weighted by atomic mass is 16.5. The van der Waals surface area contributed by atoms with Crippen LogP contribution in [0.4, 0.5) is 0 Å². The first-order chi connectivity index (χ1) is 27.7. The third kappa shape index (κ3) is 5.63. The standard InChI is InChI=1S/C49H35N5O2/c1-4-14-30(15-5-1)46-50-43(45-44(51-46)37-22-10-11-24-39(37)56-45)34-21-12-20-33(28-34)36-23-13-25-41-42(36)38-29-35(26-27-40(38)55-41)49-53-47(31-16-6-2-7-17-31)52-48(54-49)32-18-8-3-9-19-32/h1-11,13-14,16-19,21-30,41-42H,12,15,20H2. The maximum Gasteiger partial charge on any atom is 0.180 e. The van der Waals surface area contributed by atoms with Gasteiger partial charge in [0.25, 0.3) is 0 Å². The van der Waals surface area contributed by atoms with Crippen molar-refractivity contribution in [2.45, 2.75) is 37.2 Å². The number of para-hydroxylation sites is 1. The maximum absolute atomic E-state index is 6.62. The molecule has 7 heteroatoms. The summed E-state index contributed by atoms with van der Waals surface area (Å²) in [5.41, 5.74) is 10.8. The quantitative estimate of drug-likeness (QED) is 0.169. The SMILES string of the molecule is C1=CCC(c2nc(C3=CCCC(C4=CC=CC5Oc6ccc(-c7nc(-c8ccccc8)nc(-c8ccccc8)n7)cc6C45)=C3)c3oc4ccccc4c3n2)C=C1. The van der Waals surface area contributed by atoms with E-state index in [1.54, 1.807) is 0 Å². The molecule has 0 amide bonds. The summed E-state index contributed by atoms with van der Waals surface area (Å²) < 4.78 is 13.1. The molecule has 4 aliphatic rings. The summed E-state index contributed by atoms with van der Waals surface area (Å²) in [6.07, 6.45) is 22.3. The van der Waals surface area contributed by atoms with Gasteiger partial charge in [0.2, 0.25) is 0 Å². The average molecular weight is 726 g/mol. The smallest absolute Gasteiger partial charge is 0.180 e. The Morgan fingerprint density at radius 2 is 1.41 bits per heavy atom. The molecule has 3 aliphatic carbocycles. The Bertz CT molecular complexity index is 2820. The topological polar surface area (TPSA) is 86.8 Å². The van der Waals surface area contributed by atoms with Crippen molar-refractivity contribution in [3.8, 4) is 39.9 Å². The van der Waals surface area contributed by atoms with E-state index in [1.165, 1.54) is 11.1 Å². The summed E-state index contributed by atoms with van der Waals surface area (Å²) in [7, 11) is 0. The summed E-state index contributed by atoms with van der Waals surface area (Å²) >= 11 is 0. The molecular weight excluding hydrogens is 691 g/mol. The first kappa shape index (κ1) is 32.4. The number of nitrogens with zero attached hydrogens (tertiary/aromatic N) is 5. The van der Waals surface area contributed by atoms with E-state index in [0.29, 0.717) is 17.5 Å². The molecule has 11 rings (SSSR count). The number of hydrogen-bond acceptors (Lipinski definition) is 7. The molecule has 4 aromatic carbocycles. The molecule has 268 valence electrons. The molecule has 56 heavy (non-hydrogen) atoms. The second-order valence-corrected chi connectivity index (χ2v) is 14.6. The summed E-state index contributed by atoms with van der Waals surface area (Å²) in [5, 5.41) is 1.01. The largest absolute Gasteiger partial charge is 0.485 e. The van der Waals surface area contributed by atoms with Crippen molar-refractivity contribution in [3.63, 3.8) is 0 Å². The van der Waals surface area contributed by atoms with Gasteiger partial charge in [-0.1, -0.05) is 115 Å². The van der Waals surface area contributed by atoms with Crippen molar-refractivity contribution in [1.82, 2.24) is 24.9 Å². The van der Waals surface area contributed by atoms with Gasteiger partial charge in [0, 0.05) is 39.1 Å².